The van der Waals surface area contributed by atoms with Crippen molar-refractivity contribution in [3.63, 3.8) is 0 Å². The van der Waals surface area contributed by atoms with Crippen molar-refractivity contribution in [2.45, 2.75) is 6.42 Å². The summed E-state index contributed by atoms with van der Waals surface area (Å²) in [5.74, 6) is 2.62. The summed E-state index contributed by atoms with van der Waals surface area (Å²) in [5, 5.41) is 12.0. The Balaban J connectivity index is 1.98. The standard InChI is InChI=1S/C12H15NO3S/c1-17-6-2-5-15-9-3-4-10-11(13-14)8-16-12(10)7-9/h3-4,7,14H,2,5-6,8H2,1H3/b13-11+. The molecule has 1 aromatic carbocycles. The molecule has 1 aromatic rings. The van der Waals surface area contributed by atoms with Crippen LogP contribution in [0.1, 0.15) is 12.0 Å². The minimum absolute atomic E-state index is 0.321. The summed E-state index contributed by atoms with van der Waals surface area (Å²) in [6.45, 7) is 1.03. The molecule has 0 saturated heterocycles. The molecular weight excluding hydrogens is 238 g/mol. The summed E-state index contributed by atoms with van der Waals surface area (Å²) in [6, 6.07) is 5.58. The Kier molecular flexibility index (Phi) is 4.14. The molecule has 0 radical (unpaired) electrons. The first-order valence-electron chi connectivity index (χ1n) is 5.45. The van der Waals surface area contributed by atoms with E-state index < -0.39 is 0 Å². The second-order valence-electron chi connectivity index (χ2n) is 3.69. The van der Waals surface area contributed by atoms with Crippen molar-refractivity contribution >= 4 is 17.5 Å². The van der Waals surface area contributed by atoms with Gasteiger partial charge in [0.1, 0.15) is 23.8 Å². The Bertz CT molecular complexity index is 420. The summed E-state index contributed by atoms with van der Waals surface area (Å²) < 4.78 is 11.0. The highest BCUT2D eigenvalue weighted by Gasteiger charge is 2.20. The third-order valence-corrected chi connectivity index (χ3v) is 3.21. The first-order chi connectivity index (χ1) is 8.35. The molecule has 17 heavy (non-hydrogen) atoms. The second-order valence-corrected chi connectivity index (χ2v) is 4.67. The quantitative estimate of drug-likeness (QED) is 0.497. The Labute approximate surface area is 105 Å². The average Bonchev–Trinajstić information content (AvgIpc) is 2.77. The minimum Gasteiger partial charge on any atom is -0.493 e. The van der Waals surface area contributed by atoms with E-state index >= 15 is 0 Å². The third-order valence-electron chi connectivity index (χ3n) is 2.51. The number of rotatable bonds is 5. The Morgan fingerprint density at radius 1 is 1.53 bits per heavy atom. The first kappa shape index (κ1) is 12.1. The van der Waals surface area contributed by atoms with Crippen LogP contribution in [0, 0.1) is 0 Å². The van der Waals surface area contributed by atoms with Gasteiger partial charge in [0.25, 0.3) is 0 Å². The van der Waals surface area contributed by atoms with Crippen LogP contribution in [0.25, 0.3) is 0 Å². The predicted molar refractivity (Wildman–Crippen MR) is 68.8 cm³/mol. The fourth-order valence-corrected chi connectivity index (χ4v) is 2.06. The van der Waals surface area contributed by atoms with Crippen molar-refractivity contribution in [2.75, 3.05) is 25.2 Å². The van der Waals surface area contributed by atoms with Gasteiger partial charge in [0, 0.05) is 11.6 Å². The van der Waals surface area contributed by atoms with E-state index in [1.807, 2.05) is 30.0 Å². The van der Waals surface area contributed by atoms with Crippen LogP contribution in [0.15, 0.2) is 23.4 Å². The number of oxime groups is 1. The Hall–Kier alpha value is -1.36. The molecule has 1 aliphatic heterocycles. The summed E-state index contributed by atoms with van der Waals surface area (Å²) in [7, 11) is 0. The summed E-state index contributed by atoms with van der Waals surface area (Å²) >= 11 is 1.81. The van der Waals surface area contributed by atoms with Crippen LogP contribution in [0.5, 0.6) is 11.5 Å². The van der Waals surface area contributed by atoms with Crippen molar-refractivity contribution in [3.8, 4) is 11.5 Å². The maximum atomic E-state index is 8.76. The van der Waals surface area contributed by atoms with Gasteiger partial charge in [0.2, 0.25) is 0 Å². The van der Waals surface area contributed by atoms with Gasteiger partial charge in [-0.25, -0.2) is 0 Å². The molecule has 92 valence electrons. The van der Waals surface area contributed by atoms with Gasteiger partial charge in [0.05, 0.1) is 6.61 Å². The third kappa shape index (κ3) is 2.85. The van der Waals surface area contributed by atoms with Gasteiger partial charge in [-0.15, -0.1) is 0 Å². The van der Waals surface area contributed by atoms with E-state index in [0.717, 1.165) is 29.2 Å². The van der Waals surface area contributed by atoms with Crippen LogP contribution in [0.4, 0.5) is 0 Å². The van der Waals surface area contributed by atoms with Gasteiger partial charge in [0.15, 0.2) is 0 Å². The molecule has 0 unspecified atom stereocenters. The minimum atomic E-state index is 0.321. The zero-order valence-electron chi connectivity index (χ0n) is 9.68. The summed E-state index contributed by atoms with van der Waals surface area (Å²) in [6.07, 6.45) is 3.11. The van der Waals surface area contributed by atoms with Gasteiger partial charge in [-0.2, -0.15) is 11.8 Å². The molecule has 0 amide bonds. The molecule has 1 aliphatic rings. The lowest BCUT2D eigenvalue weighted by Crippen LogP contribution is -2.01. The van der Waals surface area contributed by atoms with Crippen LogP contribution in [-0.4, -0.2) is 36.1 Å². The maximum absolute atomic E-state index is 8.76. The normalized spacial score (nSPS) is 15.7. The fraction of sp³-hybridized carbons (Fsp3) is 0.417. The highest BCUT2D eigenvalue weighted by molar-refractivity contribution is 7.98. The molecular formula is C12H15NO3S. The molecule has 0 spiro atoms. The van der Waals surface area contributed by atoms with Crippen molar-refractivity contribution < 1.29 is 14.7 Å². The molecule has 1 N–H and O–H groups in total. The van der Waals surface area contributed by atoms with E-state index in [1.165, 1.54) is 0 Å². The number of hydrogen-bond acceptors (Lipinski definition) is 5. The van der Waals surface area contributed by atoms with Crippen molar-refractivity contribution in [2.24, 2.45) is 5.16 Å². The number of hydrogen-bond donors (Lipinski definition) is 1. The van der Waals surface area contributed by atoms with Crippen LogP contribution >= 0.6 is 11.8 Å². The molecule has 0 aromatic heterocycles. The Morgan fingerprint density at radius 2 is 2.41 bits per heavy atom. The van der Waals surface area contributed by atoms with Crippen LogP contribution in [0.3, 0.4) is 0 Å². The zero-order chi connectivity index (χ0) is 12.1. The van der Waals surface area contributed by atoms with E-state index in [0.29, 0.717) is 18.9 Å². The van der Waals surface area contributed by atoms with Gasteiger partial charge < -0.3 is 14.7 Å². The van der Waals surface area contributed by atoms with Crippen LogP contribution < -0.4 is 9.47 Å². The zero-order valence-corrected chi connectivity index (χ0v) is 10.5. The molecule has 0 bridgehead atoms. The lowest BCUT2D eigenvalue weighted by molar-refractivity contribution is 0.311. The maximum Gasteiger partial charge on any atom is 0.134 e. The van der Waals surface area contributed by atoms with Crippen LogP contribution in [-0.2, 0) is 0 Å². The summed E-state index contributed by atoms with van der Waals surface area (Å²) in [5.41, 5.74) is 1.40. The van der Waals surface area contributed by atoms with Crippen molar-refractivity contribution in [1.82, 2.24) is 0 Å². The molecule has 4 nitrogen and oxygen atoms in total. The molecule has 2 rings (SSSR count). The van der Waals surface area contributed by atoms with Gasteiger partial charge in [-0.1, -0.05) is 5.16 Å². The van der Waals surface area contributed by atoms with E-state index in [4.69, 9.17) is 14.7 Å². The van der Waals surface area contributed by atoms with Crippen molar-refractivity contribution in [3.05, 3.63) is 23.8 Å². The molecule has 5 heteroatoms. The van der Waals surface area contributed by atoms with Gasteiger partial charge in [-0.05, 0) is 30.6 Å². The number of thioether (sulfide) groups is 1. The highest BCUT2D eigenvalue weighted by atomic mass is 32.2. The fourth-order valence-electron chi connectivity index (χ4n) is 1.65. The number of benzene rings is 1. The first-order valence-corrected chi connectivity index (χ1v) is 6.84. The van der Waals surface area contributed by atoms with Gasteiger partial charge in [-0.3, -0.25) is 0 Å². The molecule has 0 atom stereocenters. The summed E-state index contributed by atoms with van der Waals surface area (Å²) in [4.78, 5) is 0. The van der Waals surface area contributed by atoms with E-state index in [2.05, 4.69) is 11.4 Å². The topological polar surface area (TPSA) is 51.0 Å². The monoisotopic (exact) mass is 253 g/mol. The van der Waals surface area contributed by atoms with E-state index in [-0.39, 0.29) is 0 Å². The lowest BCUT2D eigenvalue weighted by atomic mass is 10.1. The lowest BCUT2D eigenvalue weighted by Gasteiger charge is -2.06. The predicted octanol–water partition coefficient (Wildman–Crippen LogP) is 2.39. The molecule has 0 fully saturated rings. The van der Waals surface area contributed by atoms with E-state index in [9.17, 15) is 0 Å². The number of ether oxygens (including phenoxy) is 2. The molecule has 0 aliphatic carbocycles. The average molecular weight is 253 g/mol. The van der Waals surface area contributed by atoms with E-state index in [1.54, 1.807) is 0 Å². The number of fused-ring (bicyclic) bond motifs is 1. The SMILES string of the molecule is CSCCCOc1ccc2c(c1)OC/C2=N\O. The Morgan fingerprint density at radius 3 is 3.18 bits per heavy atom. The highest BCUT2D eigenvalue weighted by Crippen LogP contribution is 2.29. The number of nitrogens with zero attached hydrogens (tertiary/aromatic N) is 1. The van der Waals surface area contributed by atoms with Gasteiger partial charge >= 0.3 is 0 Å². The van der Waals surface area contributed by atoms with Crippen LogP contribution in [0.2, 0.25) is 0 Å². The largest absolute Gasteiger partial charge is 0.493 e. The molecule has 0 saturated carbocycles. The smallest absolute Gasteiger partial charge is 0.134 e. The second kappa shape index (κ2) is 5.82. The van der Waals surface area contributed by atoms with Crippen molar-refractivity contribution in [1.29, 1.82) is 0 Å². The molecule has 1 heterocycles.